The van der Waals surface area contributed by atoms with Gasteiger partial charge in [0.05, 0.1) is 0 Å². The number of nitrogens with zero attached hydrogens (tertiary/aromatic N) is 1. The van der Waals surface area contributed by atoms with E-state index in [4.69, 9.17) is 9.26 Å². The standard InChI is InChI=1S/C26H20NO2P/c1-2-10-19(11-3-1)27-18-28-23-15-7-5-14-22(23)26(27)30-25-17-9-6-13-21(25)20-12-4-8-16-24(20)29-30/h1-17,26H,18H2. The Bertz CT molecular complexity index is 1210. The fourth-order valence-electron chi connectivity index (χ4n) is 4.29. The maximum atomic E-state index is 6.77. The minimum absolute atomic E-state index is 0.0573. The van der Waals surface area contributed by atoms with E-state index in [1.54, 1.807) is 0 Å². The maximum absolute atomic E-state index is 6.77. The van der Waals surface area contributed by atoms with Gasteiger partial charge in [0, 0.05) is 22.1 Å². The third-order valence-electron chi connectivity index (χ3n) is 5.68. The van der Waals surface area contributed by atoms with Crippen LogP contribution in [-0.2, 0) is 0 Å². The fourth-order valence-corrected chi connectivity index (χ4v) is 6.71. The quantitative estimate of drug-likeness (QED) is 0.362. The second kappa shape index (κ2) is 7.19. The molecule has 2 atom stereocenters. The van der Waals surface area contributed by atoms with E-state index < -0.39 is 8.15 Å². The van der Waals surface area contributed by atoms with Gasteiger partial charge in [0.2, 0.25) is 0 Å². The van der Waals surface area contributed by atoms with Crippen LogP contribution in [0.3, 0.4) is 0 Å². The monoisotopic (exact) mass is 409 g/mol. The number of fused-ring (bicyclic) bond motifs is 4. The van der Waals surface area contributed by atoms with Crippen molar-refractivity contribution < 1.29 is 9.26 Å². The summed E-state index contributed by atoms with van der Waals surface area (Å²) in [4.78, 5) is 2.33. The SMILES string of the molecule is c1ccc(N2COc3ccccc3C2P2Oc3ccccc3-c3ccccc32)cc1. The van der Waals surface area contributed by atoms with Crippen molar-refractivity contribution in [3.05, 3.63) is 109 Å². The highest BCUT2D eigenvalue weighted by Gasteiger charge is 2.41. The number of para-hydroxylation sites is 3. The molecule has 0 saturated carbocycles. The number of hydrogen-bond donors (Lipinski definition) is 0. The molecule has 2 heterocycles. The van der Waals surface area contributed by atoms with Crippen molar-refractivity contribution in [2.24, 2.45) is 0 Å². The second-order valence-electron chi connectivity index (χ2n) is 7.42. The van der Waals surface area contributed by atoms with Gasteiger partial charge in [-0.1, -0.05) is 78.9 Å². The fraction of sp³-hybridized carbons (Fsp3) is 0.0769. The Kier molecular flexibility index (Phi) is 4.21. The number of anilines is 1. The van der Waals surface area contributed by atoms with Gasteiger partial charge in [0.15, 0.2) is 6.73 Å². The summed E-state index contributed by atoms with van der Waals surface area (Å²) in [6, 6.07) is 35.8. The molecule has 4 aromatic carbocycles. The van der Waals surface area contributed by atoms with Crippen LogP contribution in [0.2, 0.25) is 0 Å². The van der Waals surface area contributed by atoms with Gasteiger partial charge in [-0.2, -0.15) is 0 Å². The highest BCUT2D eigenvalue weighted by Crippen LogP contribution is 2.61. The predicted molar refractivity (Wildman–Crippen MR) is 123 cm³/mol. The summed E-state index contributed by atoms with van der Waals surface area (Å²) in [5.74, 6) is 1.96. The second-order valence-corrected chi connectivity index (χ2v) is 9.23. The molecule has 6 rings (SSSR count). The average molecular weight is 409 g/mol. The average Bonchev–Trinajstić information content (AvgIpc) is 2.83. The topological polar surface area (TPSA) is 21.7 Å². The van der Waals surface area contributed by atoms with Crippen LogP contribution in [-0.4, -0.2) is 6.73 Å². The Balaban J connectivity index is 1.55. The van der Waals surface area contributed by atoms with Crippen LogP contribution in [0.4, 0.5) is 5.69 Å². The van der Waals surface area contributed by atoms with Gasteiger partial charge in [0.25, 0.3) is 0 Å². The van der Waals surface area contributed by atoms with Crippen molar-refractivity contribution in [2.75, 3.05) is 11.6 Å². The van der Waals surface area contributed by atoms with E-state index in [0.29, 0.717) is 6.73 Å². The van der Waals surface area contributed by atoms with Crippen LogP contribution >= 0.6 is 8.15 Å². The van der Waals surface area contributed by atoms with Crippen molar-refractivity contribution in [2.45, 2.75) is 5.78 Å². The molecule has 0 spiro atoms. The lowest BCUT2D eigenvalue weighted by Crippen LogP contribution is -2.38. The molecule has 0 radical (unpaired) electrons. The first-order chi connectivity index (χ1) is 14.9. The molecule has 2 aliphatic rings. The first-order valence-electron chi connectivity index (χ1n) is 10.1. The highest BCUT2D eigenvalue weighted by molar-refractivity contribution is 7.62. The Morgan fingerprint density at radius 3 is 2.20 bits per heavy atom. The van der Waals surface area contributed by atoms with Crippen LogP contribution in [0.1, 0.15) is 11.3 Å². The van der Waals surface area contributed by atoms with Crippen LogP contribution < -0.4 is 19.5 Å². The summed E-state index contributed by atoms with van der Waals surface area (Å²) in [7, 11) is -0.996. The zero-order chi connectivity index (χ0) is 19.9. The summed E-state index contributed by atoms with van der Waals surface area (Å²) < 4.78 is 12.9. The smallest absolute Gasteiger partial charge is 0.162 e. The third kappa shape index (κ3) is 2.78. The number of hydrogen-bond acceptors (Lipinski definition) is 3. The van der Waals surface area contributed by atoms with Gasteiger partial charge in [-0.3, -0.25) is 0 Å². The van der Waals surface area contributed by atoms with Crippen molar-refractivity contribution in [3.8, 4) is 22.6 Å². The van der Waals surface area contributed by atoms with E-state index in [1.807, 2.05) is 18.2 Å². The van der Waals surface area contributed by atoms with Crippen molar-refractivity contribution in [1.29, 1.82) is 0 Å². The zero-order valence-electron chi connectivity index (χ0n) is 16.3. The van der Waals surface area contributed by atoms with E-state index in [-0.39, 0.29) is 5.78 Å². The lowest BCUT2D eigenvalue weighted by molar-refractivity contribution is 0.284. The minimum Gasteiger partial charge on any atom is -0.473 e. The van der Waals surface area contributed by atoms with Crippen molar-refractivity contribution >= 4 is 19.1 Å². The molecule has 0 saturated heterocycles. The van der Waals surface area contributed by atoms with Crippen LogP contribution in [0.15, 0.2) is 103 Å². The first kappa shape index (κ1) is 17.6. The van der Waals surface area contributed by atoms with Crippen LogP contribution in [0.5, 0.6) is 11.5 Å². The third-order valence-corrected chi connectivity index (χ3v) is 7.94. The van der Waals surface area contributed by atoms with E-state index in [2.05, 4.69) is 89.8 Å². The molecular formula is C26H20NO2P. The summed E-state index contributed by atoms with van der Waals surface area (Å²) in [6.07, 6.45) is 0. The maximum Gasteiger partial charge on any atom is 0.162 e. The Morgan fingerprint density at radius 1 is 0.667 bits per heavy atom. The van der Waals surface area contributed by atoms with E-state index >= 15 is 0 Å². The molecule has 2 unspecified atom stereocenters. The summed E-state index contributed by atoms with van der Waals surface area (Å²) in [5, 5.41) is 1.27. The van der Waals surface area contributed by atoms with E-state index in [9.17, 15) is 0 Å². The van der Waals surface area contributed by atoms with Crippen LogP contribution in [0, 0.1) is 0 Å². The Hall–Kier alpha value is -3.29. The summed E-state index contributed by atoms with van der Waals surface area (Å²) >= 11 is 0. The lowest BCUT2D eigenvalue weighted by Gasteiger charge is -2.43. The molecule has 0 amide bonds. The predicted octanol–water partition coefficient (Wildman–Crippen LogP) is 6.32. The van der Waals surface area contributed by atoms with Gasteiger partial charge in [-0.25, -0.2) is 0 Å². The van der Waals surface area contributed by atoms with Gasteiger partial charge >= 0.3 is 0 Å². The molecule has 0 N–H and O–H groups in total. The molecule has 0 bridgehead atoms. The van der Waals surface area contributed by atoms with Crippen molar-refractivity contribution in [1.82, 2.24) is 0 Å². The van der Waals surface area contributed by atoms with Gasteiger partial charge in [-0.15, -0.1) is 0 Å². The molecule has 0 aromatic heterocycles. The van der Waals surface area contributed by atoms with E-state index in [1.165, 1.54) is 22.0 Å². The number of benzene rings is 4. The van der Waals surface area contributed by atoms with Gasteiger partial charge in [0.1, 0.15) is 25.4 Å². The van der Waals surface area contributed by atoms with Gasteiger partial charge in [-0.05, 0) is 29.8 Å². The van der Waals surface area contributed by atoms with Crippen molar-refractivity contribution in [3.63, 3.8) is 0 Å². The summed E-state index contributed by atoms with van der Waals surface area (Å²) in [6.45, 7) is 0.498. The molecule has 30 heavy (non-hydrogen) atoms. The molecule has 4 aromatic rings. The molecule has 0 fully saturated rings. The van der Waals surface area contributed by atoms with Gasteiger partial charge < -0.3 is 14.2 Å². The van der Waals surface area contributed by atoms with E-state index in [0.717, 1.165) is 17.2 Å². The molecular weight excluding hydrogens is 389 g/mol. The number of rotatable bonds is 2. The summed E-state index contributed by atoms with van der Waals surface area (Å²) in [5.41, 5.74) is 4.74. The normalized spacial score (nSPS) is 19.0. The lowest BCUT2D eigenvalue weighted by atomic mass is 10.0. The first-order valence-corrected chi connectivity index (χ1v) is 11.4. The largest absolute Gasteiger partial charge is 0.473 e. The highest BCUT2D eigenvalue weighted by atomic mass is 31.1. The zero-order valence-corrected chi connectivity index (χ0v) is 17.2. The molecule has 3 nitrogen and oxygen atoms in total. The molecule has 0 aliphatic carbocycles. The molecule has 2 aliphatic heterocycles. The Labute approximate surface area is 177 Å². The molecule has 146 valence electrons. The Morgan fingerprint density at radius 2 is 1.33 bits per heavy atom. The van der Waals surface area contributed by atoms with Crippen LogP contribution in [0.25, 0.3) is 11.1 Å². The molecule has 4 heteroatoms. The number of ether oxygens (including phenoxy) is 1. The minimum atomic E-state index is -0.996.